The molecule has 0 aliphatic carbocycles. The van der Waals surface area contributed by atoms with Gasteiger partial charge in [-0.05, 0) is 19.1 Å². The summed E-state index contributed by atoms with van der Waals surface area (Å²) in [6.45, 7) is 1.82. The number of aliphatic carboxylic acids is 1. The van der Waals surface area contributed by atoms with Crippen molar-refractivity contribution in [2.75, 3.05) is 24.1 Å². The fourth-order valence-corrected chi connectivity index (χ4v) is 2.96. The first-order valence-corrected chi connectivity index (χ1v) is 8.81. The Labute approximate surface area is 134 Å². The molecule has 126 valence electrons. The van der Waals surface area contributed by atoms with E-state index >= 15 is 0 Å². The highest BCUT2D eigenvalue weighted by atomic mass is 32.2. The number of benzene rings is 1. The minimum Gasteiger partial charge on any atom is -0.479 e. The van der Waals surface area contributed by atoms with Gasteiger partial charge in [0.2, 0.25) is 10.0 Å². The second-order valence-corrected chi connectivity index (χ2v) is 7.15. The summed E-state index contributed by atoms with van der Waals surface area (Å²) in [5, 5.41) is 9.08. The first kappa shape index (κ1) is 17.2. The van der Waals surface area contributed by atoms with E-state index in [0.29, 0.717) is 0 Å². The van der Waals surface area contributed by atoms with Gasteiger partial charge in [0, 0.05) is 6.54 Å². The lowest BCUT2D eigenvalue weighted by atomic mass is 10.1. The lowest BCUT2D eigenvalue weighted by molar-refractivity contribution is -0.160. The summed E-state index contributed by atoms with van der Waals surface area (Å²) in [5.41, 5.74) is 0.321. The van der Waals surface area contributed by atoms with Crippen molar-refractivity contribution in [2.45, 2.75) is 19.1 Å². The van der Waals surface area contributed by atoms with Crippen LogP contribution in [0.3, 0.4) is 0 Å². The van der Waals surface area contributed by atoms with E-state index in [1.807, 2.05) is 0 Å². The van der Waals surface area contributed by atoms with Crippen molar-refractivity contribution in [3.05, 3.63) is 29.8 Å². The molecule has 1 saturated heterocycles. The summed E-state index contributed by atoms with van der Waals surface area (Å²) < 4.78 is 30.4. The monoisotopic (exact) mass is 342 g/mol. The van der Waals surface area contributed by atoms with Crippen molar-refractivity contribution in [2.24, 2.45) is 0 Å². The third-order valence-electron chi connectivity index (χ3n) is 3.28. The van der Waals surface area contributed by atoms with Gasteiger partial charge >= 0.3 is 5.97 Å². The van der Waals surface area contributed by atoms with Crippen LogP contribution in [0.15, 0.2) is 24.3 Å². The molecule has 1 amide bonds. The first-order valence-electron chi connectivity index (χ1n) is 6.91. The van der Waals surface area contributed by atoms with Crippen molar-refractivity contribution < 1.29 is 27.9 Å². The summed E-state index contributed by atoms with van der Waals surface area (Å²) >= 11 is 0. The normalized spacial score (nSPS) is 21.7. The van der Waals surface area contributed by atoms with E-state index in [-0.39, 0.29) is 24.3 Å². The Morgan fingerprint density at radius 2 is 1.96 bits per heavy atom. The molecule has 8 nitrogen and oxygen atoms in total. The molecule has 1 aliphatic rings. The van der Waals surface area contributed by atoms with Crippen LogP contribution in [-0.2, 0) is 19.6 Å². The quantitative estimate of drug-likeness (QED) is 0.817. The molecular formula is C14H18N2O6S. The molecule has 0 radical (unpaired) electrons. The van der Waals surface area contributed by atoms with Gasteiger partial charge in [0.25, 0.3) is 5.91 Å². The third-order valence-corrected chi connectivity index (χ3v) is 3.87. The number of carboxylic acids is 1. The molecule has 2 N–H and O–H groups in total. The zero-order valence-corrected chi connectivity index (χ0v) is 13.5. The number of para-hydroxylation sites is 1. The Bertz CT molecular complexity index is 718. The number of nitrogens with zero attached hydrogens (tertiary/aromatic N) is 1. The molecule has 0 spiro atoms. The van der Waals surface area contributed by atoms with Crippen LogP contribution in [0.1, 0.15) is 17.3 Å². The van der Waals surface area contributed by atoms with Crippen LogP contribution in [0.2, 0.25) is 0 Å². The maximum absolute atomic E-state index is 12.7. The van der Waals surface area contributed by atoms with Gasteiger partial charge in [-0.1, -0.05) is 12.1 Å². The minimum atomic E-state index is -3.54. The van der Waals surface area contributed by atoms with Gasteiger partial charge in [-0.2, -0.15) is 0 Å². The number of rotatable bonds is 4. The van der Waals surface area contributed by atoms with E-state index in [4.69, 9.17) is 9.84 Å². The number of nitrogens with one attached hydrogen (secondary N) is 1. The van der Waals surface area contributed by atoms with E-state index in [9.17, 15) is 18.0 Å². The third kappa shape index (κ3) is 4.42. The molecule has 9 heteroatoms. The molecule has 1 fully saturated rings. The van der Waals surface area contributed by atoms with Crippen molar-refractivity contribution in [1.82, 2.24) is 4.90 Å². The molecule has 1 aromatic carbocycles. The van der Waals surface area contributed by atoms with Crippen molar-refractivity contribution in [1.29, 1.82) is 0 Å². The van der Waals surface area contributed by atoms with Gasteiger partial charge < -0.3 is 14.7 Å². The van der Waals surface area contributed by atoms with E-state index in [0.717, 1.165) is 6.26 Å². The molecule has 0 aromatic heterocycles. The highest BCUT2D eigenvalue weighted by molar-refractivity contribution is 7.92. The SMILES string of the molecule is C[C@@H]1CN(C(=O)c2ccccc2NS(C)(=O)=O)CC(C(=O)O)O1. The van der Waals surface area contributed by atoms with Gasteiger partial charge in [-0.25, -0.2) is 13.2 Å². The molecule has 1 aliphatic heterocycles. The summed E-state index contributed by atoms with van der Waals surface area (Å²) in [4.78, 5) is 25.1. The fourth-order valence-electron chi connectivity index (χ4n) is 2.38. The van der Waals surface area contributed by atoms with Crippen molar-refractivity contribution in [3.63, 3.8) is 0 Å². The Kier molecular flexibility index (Phi) is 4.90. The lowest BCUT2D eigenvalue weighted by Gasteiger charge is -2.35. The molecule has 0 bridgehead atoms. The smallest absolute Gasteiger partial charge is 0.334 e. The number of carboxylic acid groups (broad SMARTS) is 1. The van der Waals surface area contributed by atoms with Crippen molar-refractivity contribution >= 4 is 27.6 Å². The van der Waals surface area contributed by atoms with Crippen molar-refractivity contribution in [3.8, 4) is 0 Å². The van der Waals surface area contributed by atoms with Crippen LogP contribution in [-0.4, -0.2) is 61.9 Å². The zero-order chi connectivity index (χ0) is 17.2. The van der Waals surface area contributed by atoms with Gasteiger partial charge in [0.05, 0.1) is 30.2 Å². The van der Waals surface area contributed by atoms with Crippen LogP contribution in [0.25, 0.3) is 0 Å². The number of anilines is 1. The highest BCUT2D eigenvalue weighted by Gasteiger charge is 2.33. The second kappa shape index (κ2) is 6.55. The number of carbonyl (C=O) groups excluding carboxylic acids is 1. The second-order valence-electron chi connectivity index (χ2n) is 5.40. The van der Waals surface area contributed by atoms with E-state index in [1.54, 1.807) is 19.1 Å². The van der Waals surface area contributed by atoms with Gasteiger partial charge in [-0.15, -0.1) is 0 Å². The van der Waals surface area contributed by atoms with Crippen LogP contribution in [0.5, 0.6) is 0 Å². The van der Waals surface area contributed by atoms with E-state index in [2.05, 4.69) is 4.72 Å². The van der Waals surface area contributed by atoms with Gasteiger partial charge in [0.1, 0.15) is 0 Å². The lowest BCUT2D eigenvalue weighted by Crippen LogP contribution is -2.51. The molecule has 23 heavy (non-hydrogen) atoms. The number of amides is 1. The Morgan fingerprint density at radius 3 is 2.57 bits per heavy atom. The summed E-state index contributed by atoms with van der Waals surface area (Å²) in [6.07, 6.45) is -0.535. The van der Waals surface area contributed by atoms with Crippen LogP contribution >= 0.6 is 0 Å². The van der Waals surface area contributed by atoms with E-state index in [1.165, 1.54) is 17.0 Å². The number of ether oxygens (including phenoxy) is 1. The zero-order valence-electron chi connectivity index (χ0n) is 12.7. The minimum absolute atomic E-state index is 0.0916. The maximum Gasteiger partial charge on any atom is 0.334 e. The number of morpholine rings is 1. The maximum atomic E-state index is 12.7. The summed E-state index contributed by atoms with van der Waals surface area (Å²) in [6, 6.07) is 6.18. The molecular weight excluding hydrogens is 324 g/mol. The predicted octanol–water partition coefficient (Wildman–Crippen LogP) is 0.372. The molecule has 0 saturated carbocycles. The number of hydrogen-bond acceptors (Lipinski definition) is 5. The van der Waals surface area contributed by atoms with Gasteiger partial charge in [-0.3, -0.25) is 9.52 Å². The summed E-state index contributed by atoms with van der Waals surface area (Å²) in [5.74, 6) is -1.59. The average Bonchev–Trinajstić information content (AvgIpc) is 2.44. The topological polar surface area (TPSA) is 113 Å². The van der Waals surface area contributed by atoms with Crippen LogP contribution in [0.4, 0.5) is 5.69 Å². The number of hydrogen-bond donors (Lipinski definition) is 2. The number of sulfonamides is 1. The molecule has 1 unspecified atom stereocenters. The summed E-state index contributed by atoms with van der Waals surface area (Å²) in [7, 11) is -3.54. The van der Waals surface area contributed by atoms with E-state index < -0.39 is 34.1 Å². The fraction of sp³-hybridized carbons (Fsp3) is 0.429. The van der Waals surface area contributed by atoms with Crippen LogP contribution in [0, 0.1) is 0 Å². The first-order chi connectivity index (χ1) is 10.7. The molecule has 1 heterocycles. The Hall–Kier alpha value is -2.13. The molecule has 2 rings (SSSR count). The van der Waals surface area contributed by atoms with Crippen LogP contribution < -0.4 is 4.72 Å². The number of carbonyl (C=O) groups is 2. The highest BCUT2D eigenvalue weighted by Crippen LogP contribution is 2.21. The molecule has 2 atom stereocenters. The van der Waals surface area contributed by atoms with Gasteiger partial charge in [0.15, 0.2) is 6.10 Å². The molecule has 1 aromatic rings. The largest absolute Gasteiger partial charge is 0.479 e. The Morgan fingerprint density at radius 1 is 1.30 bits per heavy atom. The predicted molar refractivity (Wildman–Crippen MR) is 82.8 cm³/mol. The standard InChI is InChI=1S/C14H18N2O6S/c1-9-7-16(8-12(22-9)14(18)19)13(17)10-5-3-4-6-11(10)15-23(2,20)21/h3-6,9,12,15H,7-8H2,1-2H3,(H,18,19)/t9-,12?/m1/s1. The average molecular weight is 342 g/mol. The Balaban J connectivity index is 2.28.